The molecule has 2 aliphatic rings. The molecule has 2 fully saturated rings. The van der Waals surface area contributed by atoms with Crippen LogP contribution in [0.4, 0.5) is 0 Å². The van der Waals surface area contributed by atoms with Crippen molar-refractivity contribution in [2.24, 2.45) is 28.1 Å². The molecule has 0 radical (unpaired) electrons. The van der Waals surface area contributed by atoms with E-state index in [1.54, 1.807) is 0 Å². The fourth-order valence-corrected chi connectivity index (χ4v) is 4.36. The topological polar surface area (TPSA) is 71.1 Å². The second-order valence-corrected chi connectivity index (χ2v) is 7.99. The van der Waals surface area contributed by atoms with Crippen molar-refractivity contribution in [2.75, 3.05) is 33.8 Å². The van der Waals surface area contributed by atoms with Gasteiger partial charge in [-0.15, -0.1) is 0 Å². The summed E-state index contributed by atoms with van der Waals surface area (Å²) in [6, 6.07) is 0. The summed E-state index contributed by atoms with van der Waals surface area (Å²) in [5.41, 5.74) is 4.75. The van der Waals surface area contributed by atoms with Crippen LogP contribution in [-0.2, 0) is 4.84 Å². The van der Waals surface area contributed by atoms with Crippen LogP contribution in [-0.4, -0.2) is 55.6 Å². The lowest BCUT2D eigenvalue weighted by Gasteiger charge is -2.48. The smallest absolute Gasteiger partial charge is 0.129 e. The second-order valence-electron chi connectivity index (χ2n) is 7.99. The zero-order valence-electron chi connectivity index (χ0n) is 15.6. The number of nitrogens with two attached hydrogens (primary N) is 1. The van der Waals surface area contributed by atoms with E-state index >= 15 is 0 Å². The molecule has 0 amide bonds. The van der Waals surface area contributed by atoms with Crippen LogP contribution < -0.4 is 5.73 Å². The summed E-state index contributed by atoms with van der Waals surface area (Å²) in [6.07, 6.45) is 12.5. The monoisotopic (exact) mass is 337 g/mol. The highest BCUT2D eigenvalue weighted by atomic mass is 16.6. The van der Waals surface area contributed by atoms with Gasteiger partial charge in [-0.1, -0.05) is 24.2 Å². The van der Waals surface area contributed by atoms with Gasteiger partial charge in [0.05, 0.1) is 5.60 Å². The maximum absolute atomic E-state index is 11.3. The van der Waals surface area contributed by atoms with Crippen LogP contribution in [0.5, 0.6) is 0 Å². The molecular weight excluding hydrogens is 302 g/mol. The molecule has 0 aliphatic heterocycles. The fraction of sp³-hybridized carbons (Fsp3) is 0.842. The number of aliphatic hydroxyl groups is 1. The molecule has 24 heavy (non-hydrogen) atoms. The third kappa shape index (κ3) is 4.38. The predicted molar refractivity (Wildman–Crippen MR) is 98.9 cm³/mol. The Morgan fingerprint density at radius 1 is 1.33 bits per heavy atom. The van der Waals surface area contributed by atoms with Crippen LogP contribution in [0.2, 0.25) is 0 Å². The highest BCUT2D eigenvalue weighted by Crippen LogP contribution is 2.58. The molecule has 5 heteroatoms. The molecule has 0 aromatic rings. The lowest BCUT2D eigenvalue weighted by molar-refractivity contribution is -0.1000. The maximum Gasteiger partial charge on any atom is 0.129 e. The van der Waals surface area contributed by atoms with Gasteiger partial charge in [-0.05, 0) is 58.5 Å². The molecule has 0 aromatic heterocycles. The van der Waals surface area contributed by atoms with Gasteiger partial charge in [-0.25, -0.2) is 0 Å². The molecule has 0 saturated heterocycles. The summed E-state index contributed by atoms with van der Waals surface area (Å²) < 4.78 is 0. The Bertz CT molecular complexity index is 452. The normalized spacial score (nSPS) is 36.8. The SMILES string of the molecule is CN(C)CCC=C[C@H]1CC[C@]2(C)[C@@H](C=NOCCN)CC[C@]2(O)C1. The summed E-state index contributed by atoms with van der Waals surface area (Å²) in [7, 11) is 4.19. The highest BCUT2D eigenvalue weighted by Gasteiger charge is 2.58. The van der Waals surface area contributed by atoms with E-state index in [-0.39, 0.29) is 5.41 Å². The van der Waals surface area contributed by atoms with Crippen LogP contribution in [0.3, 0.4) is 0 Å². The van der Waals surface area contributed by atoms with Crippen molar-refractivity contribution in [1.29, 1.82) is 0 Å². The maximum atomic E-state index is 11.3. The third-order valence-electron chi connectivity index (χ3n) is 6.06. The van der Waals surface area contributed by atoms with Crippen molar-refractivity contribution >= 4 is 6.21 Å². The Balaban J connectivity index is 1.93. The lowest BCUT2D eigenvalue weighted by Crippen LogP contribution is -2.49. The van der Waals surface area contributed by atoms with Crippen LogP contribution >= 0.6 is 0 Å². The Kier molecular flexibility index (Phi) is 6.84. The van der Waals surface area contributed by atoms with Gasteiger partial charge in [-0.3, -0.25) is 0 Å². The largest absolute Gasteiger partial charge is 0.395 e. The average Bonchev–Trinajstić information content (AvgIpc) is 2.79. The fourth-order valence-electron chi connectivity index (χ4n) is 4.36. The molecule has 5 nitrogen and oxygen atoms in total. The number of fused-ring (bicyclic) bond motifs is 1. The van der Waals surface area contributed by atoms with Gasteiger partial charge < -0.3 is 20.6 Å². The molecule has 0 unspecified atom stereocenters. The summed E-state index contributed by atoms with van der Waals surface area (Å²) in [5, 5.41) is 15.4. The first-order chi connectivity index (χ1) is 11.4. The van der Waals surface area contributed by atoms with Crippen molar-refractivity contribution in [1.82, 2.24) is 4.90 Å². The van der Waals surface area contributed by atoms with E-state index in [9.17, 15) is 5.11 Å². The number of nitrogens with zero attached hydrogens (tertiary/aromatic N) is 2. The van der Waals surface area contributed by atoms with Gasteiger partial charge in [0.15, 0.2) is 0 Å². The molecule has 2 saturated carbocycles. The van der Waals surface area contributed by atoms with Crippen LogP contribution in [0.1, 0.15) is 45.4 Å². The van der Waals surface area contributed by atoms with Gasteiger partial charge >= 0.3 is 0 Å². The zero-order chi connectivity index (χ0) is 17.6. The molecule has 0 aromatic carbocycles. The van der Waals surface area contributed by atoms with Crippen LogP contribution in [0.25, 0.3) is 0 Å². The molecule has 2 rings (SSSR count). The van der Waals surface area contributed by atoms with E-state index in [1.165, 1.54) is 0 Å². The molecule has 138 valence electrons. The Labute approximate surface area is 146 Å². The van der Waals surface area contributed by atoms with Crippen molar-refractivity contribution in [3.63, 3.8) is 0 Å². The summed E-state index contributed by atoms with van der Waals surface area (Å²) in [6.45, 7) is 4.23. The lowest BCUT2D eigenvalue weighted by atomic mass is 9.60. The molecule has 0 heterocycles. The first kappa shape index (κ1) is 19.4. The number of rotatable bonds is 8. The highest BCUT2D eigenvalue weighted by molar-refractivity contribution is 5.62. The average molecular weight is 338 g/mol. The minimum Gasteiger partial charge on any atom is -0.395 e. The Morgan fingerprint density at radius 2 is 2.12 bits per heavy atom. The molecule has 4 atom stereocenters. The van der Waals surface area contributed by atoms with Gasteiger partial charge in [0.25, 0.3) is 0 Å². The zero-order valence-corrected chi connectivity index (χ0v) is 15.6. The minimum atomic E-state index is -0.577. The quantitative estimate of drug-likeness (QED) is 0.309. The number of hydrogen-bond donors (Lipinski definition) is 2. The molecule has 0 spiro atoms. The molecule has 2 aliphatic carbocycles. The minimum absolute atomic E-state index is 0.0868. The predicted octanol–water partition coefficient (Wildman–Crippen LogP) is 2.40. The summed E-state index contributed by atoms with van der Waals surface area (Å²) >= 11 is 0. The van der Waals surface area contributed by atoms with Crippen LogP contribution in [0.15, 0.2) is 17.3 Å². The van der Waals surface area contributed by atoms with E-state index in [4.69, 9.17) is 10.6 Å². The number of allylic oxidation sites excluding steroid dienone is 1. The standard InChI is InChI=1S/C19H35N3O2/c1-18-9-7-16(6-4-5-12-22(2)3)14-19(18,23)10-8-17(18)15-21-24-13-11-20/h4,6,15-17,23H,5,7-14,20H2,1-3H3/t16-,17+,18+,19-/m0/s1. The van der Waals surface area contributed by atoms with Gasteiger partial charge in [0.2, 0.25) is 0 Å². The molecule has 3 N–H and O–H groups in total. The molecular formula is C19H35N3O2. The second kappa shape index (κ2) is 8.45. The Hall–Kier alpha value is -0.910. The van der Waals surface area contributed by atoms with E-state index < -0.39 is 5.60 Å². The van der Waals surface area contributed by atoms with Crippen LogP contribution in [0, 0.1) is 17.3 Å². The Morgan fingerprint density at radius 3 is 2.83 bits per heavy atom. The first-order valence-electron chi connectivity index (χ1n) is 9.30. The van der Waals surface area contributed by atoms with E-state index in [1.807, 2.05) is 6.21 Å². The van der Waals surface area contributed by atoms with Gasteiger partial charge in [-0.2, -0.15) is 0 Å². The summed E-state index contributed by atoms with van der Waals surface area (Å²) in [5.74, 6) is 0.786. The third-order valence-corrected chi connectivity index (χ3v) is 6.06. The van der Waals surface area contributed by atoms with Crippen molar-refractivity contribution in [3.8, 4) is 0 Å². The van der Waals surface area contributed by atoms with Crippen molar-refractivity contribution in [2.45, 2.75) is 51.0 Å². The van der Waals surface area contributed by atoms with Crippen molar-refractivity contribution < 1.29 is 9.94 Å². The van der Waals surface area contributed by atoms with Gasteiger partial charge in [0, 0.05) is 30.6 Å². The number of oxime groups is 1. The van der Waals surface area contributed by atoms with Crippen molar-refractivity contribution in [3.05, 3.63) is 12.2 Å². The summed E-state index contributed by atoms with van der Waals surface area (Å²) in [4.78, 5) is 7.35. The van der Waals surface area contributed by atoms with Gasteiger partial charge in [0.1, 0.15) is 6.61 Å². The van der Waals surface area contributed by atoms with E-state index in [0.29, 0.717) is 25.0 Å². The molecule has 0 bridgehead atoms. The number of hydrogen-bond acceptors (Lipinski definition) is 5. The van der Waals surface area contributed by atoms with E-state index in [2.05, 4.69) is 43.2 Å². The first-order valence-corrected chi connectivity index (χ1v) is 9.30. The van der Waals surface area contributed by atoms with E-state index in [0.717, 1.165) is 45.1 Å².